The first-order valence-corrected chi connectivity index (χ1v) is 11.7. The molecule has 0 unspecified atom stereocenters. The normalized spacial score (nSPS) is 15.3. The molecule has 1 amide bonds. The molecule has 30 heavy (non-hydrogen) atoms. The van der Waals surface area contributed by atoms with Crippen LogP contribution in [0.5, 0.6) is 0 Å². The van der Waals surface area contributed by atoms with Gasteiger partial charge in [0.1, 0.15) is 0 Å². The Morgan fingerprint density at radius 1 is 1.00 bits per heavy atom. The molecule has 1 saturated heterocycles. The molecule has 0 atom stereocenters. The Kier molecular flexibility index (Phi) is 5.98. The number of hydrogen-bond acceptors (Lipinski definition) is 5. The van der Waals surface area contributed by atoms with Gasteiger partial charge in [-0.15, -0.1) is 5.10 Å². The van der Waals surface area contributed by atoms with E-state index in [0.29, 0.717) is 24.1 Å². The first-order chi connectivity index (χ1) is 14.4. The number of amides is 1. The Morgan fingerprint density at radius 3 is 2.43 bits per heavy atom. The van der Waals surface area contributed by atoms with Crippen LogP contribution in [0.2, 0.25) is 0 Å². The van der Waals surface area contributed by atoms with Crippen LogP contribution in [-0.4, -0.2) is 64.7 Å². The predicted molar refractivity (Wildman–Crippen MR) is 114 cm³/mol. The minimum absolute atomic E-state index is 0.235. The van der Waals surface area contributed by atoms with E-state index in [-0.39, 0.29) is 29.6 Å². The lowest BCUT2D eigenvalue weighted by molar-refractivity contribution is 0.0692. The highest BCUT2D eigenvalue weighted by atomic mass is 79.9. The highest BCUT2D eigenvalue weighted by Gasteiger charge is 2.31. The van der Waals surface area contributed by atoms with Crippen LogP contribution in [0.1, 0.15) is 16.1 Å². The highest BCUT2D eigenvalue weighted by Crippen LogP contribution is 2.21. The van der Waals surface area contributed by atoms with Gasteiger partial charge in [-0.2, -0.15) is 4.31 Å². The minimum atomic E-state index is -3.60. The van der Waals surface area contributed by atoms with Crippen molar-refractivity contribution in [1.82, 2.24) is 24.2 Å². The van der Waals surface area contributed by atoms with Crippen LogP contribution in [-0.2, 0) is 16.6 Å². The number of halogens is 1. The molecule has 0 spiro atoms. The van der Waals surface area contributed by atoms with E-state index in [1.165, 1.54) is 4.31 Å². The summed E-state index contributed by atoms with van der Waals surface area (Å²) in [5.41, 5.74) is 1.32. The van der Waals surface area contributed by atoms with Crippen molar-refractivity contribution in [2.75, 3.05) is 26.2 Å². The van der Waals surface area contributed by atoms with E-state index >= 15 is 0 Å². The Morgan fingerprint density at radius 2 is 1.73 bits per heavy atom. The number of rotatable bonds is 5. The number of carbonyl (C=O) groups excluding carboxylic acids is 1. The lowest BCUT2D eigenvalue weighted by Gasteiger charge is -2.33. The van der Waals surface area contributed by atoms with Gasteiger partial charge in [0.25, 0.3) is 5.91 Å². The predicted octanol–water partition coefficient (Wildman–Crippen LogP) is 2.24. The second kappa shape index (κ2) is 8.66. The average Bonchev–Trinajstić information content (AvgIpc) is 3.22. The summed E-state index contributed by atoms with van der Waals surface area (Å²) in [6.07, 6.45) is 1.62. The van der Waals surface area contributed by atoms with E-state index in [1.54, 1.807) is 40.0 Å². The monoisotopic (exact) mass is 489 g/mol. The Bertz CT molecular complexity index is 1140. The number of aromatic nitrogens is 3. The summed E-state index contributed by atoms with van der Waals surface area (Å²) in [5.74, 6) is -0.242. The van der Waals surface area contributed by atoms with Crippen molar-refractivity contribution in [2.45, 2.75) is 11.4 Å². The van der Waals surface area contributed by atoms with Gasteiger partial charge in [0.15, 0.2) is 5.69 Å². The van der Waals surface area contributed by atoms with Crippen LogP contribution in [0.25, 0.3) is 0 Å². The third-order valence-corrected chi connectivity index (χ3v) is 7.29. The number of nitrogens with zero attached hydrogens (tertiary/aromatic N) is 5. The fraction of sp³-hybridized carbons (Fsp3) is 0.250. The second-order valence-electron chi connectivity index (χ2n) is 6.94. The number of hydrogen-bond donors (Lipinski definition) is 0. The summed E-state index contributed by atoms with van der Waals surface area (Å²) in [5, 5.41) is 8.04. The highest BCUT2D eigenvalue weighted by molar-refractivity contribution is 9.10. The largest absolute Gasteiger partial charge is 0.335 e. The smallest absolute Gasteiger partial charge is 0.276 e. The van der Waals surface area contributed by atoms with E-state index in [0.717, 1.165) is 5.56 Å². The summed E-state index contributed by atoms with van der Waals surface area (Å²) in [7, 11) is -3.60. The Balaban J connectivity index is 1.39. The van der Waals surface area contributed by atoms with Gasteiger partial charge in [-0.1, -0.05) is 57.5 Å². The van der Waals surface area contributed by atoms with Crippen LogP contribution in [0.3, 0.4) is 0 Å². The molecule has 0 radical (unpaired) electrons. The molecule has 0 saturated carbocycles. The summed E-state index contributed by atoms with van der Waals surface area (Å²) >= 11 is 3.31. The Labute approximate surface area is 183 Å². The molecule has 0 bridgehead atoms. The van der Waals surface area contributed by atoms with Gasteiger partial charge >= 0.3 is 0 Å². The van der Waals surface area contributed by atoms with E-state index in [1.807, 2.05) is 30.3 Å². The molecule has 4 rings (SSSR count). The van der Waals surface area contributed by atoms with E-state index in [4.69, 9.17) is 0 Å². The summed E-state index contributed by atoms with van der Waals surface area (Å²) in [4.78, 5) is 14.6. The Hall–Kier alpha value is -2.56. The molecule has 1 aliphatic rings. The van der Waals surface area contributed by atoms with Gasteiger partial charge in [-0.3, -0.25) is 4.79 Å². The van der Waals surface area contributed by atoms with Crippen LogP contribution in [0.4, 0.5) is 0 Å². The number of benzene rings is 2. The molecule has 8 nitrogen and oxygen atoms in total. The fourth-order valence-corrected chi connectivity index (χ4v) is 5.33. The average molecular weight is 490 g/mol. The molecule has 0 aliphatic carbocycles. The third-order valence-electron chi connectivity index (χ3n) is 4.90. The summed E-state index contributed by atoms with van der Waals surface area (Å²) in [6.45, 7) is 1.60. The van der Waals surface area contributed by atoms with Crippen molar-refractivity contribution < 1.29 is 13.2 Å². The molecular formula is C20H20BrN5O3S. The number of piperazine rings is 1. The van der Waals surface area contributed by atoms with Crippen molar-refractivity contribution in [2.24, 2.45) is 0 Å². The maximum atomic E-state index is 12.8. The quantitative estimate of drug-likeness (QED) is 0.548. The lowest BCUT2D eigenvalue weighted by Crippen LogP contribution is -2.50. The molecule has 1 fully saturated rings. The van der Waals surface area contributed by atoms with Gasteiger partial charge < -0.3 is 4.90 Å². The van der Waals surface area contributed by atoms with E-state index < -0.39 is 10.0 Å². The second-order valence-corrected chi connectivity index (χ2v) is 9.79. The zero-order valence-corrected chi connectivity index (χ0v) is 18.5. The molecule has 3 aromatic rings. The standard InChI is InChI=1S/C20H20BrN5O3S/c21-17-7-4-8-18(13-17)30(28,29)26-11-9-24(10-12-26)20(27)19-15-25(23-22-19)14-16-5-2-1-3-6-16/h1-8,13,15H,9-12,14H2. The van der Waals surface area contributed by atoms with Crippen molar-refractivity contribution in [3.8, 4) is 0 Å². The molecule has 2 heterocycles. The van der Waals surface area contributed by atoms with Crippen molar-refractivity contribution in [1.29, 1.82) is 0 Å². The molecule has 10 heteroatoms. The summed E-state index contributed by atoms with van der Waals surface area (Å²) in [6, 6.07) is 16.4. The molecule has 0 N–H and O–H groups in total. The first-order valence-electron chi connectivity index (χ1n) is 9.42. The number of carbonyl (C=O) groups is 1. The van der Waals surface area contributed by atoms with Crippen LogP contribution < -0.4 is 0 Å². The number of sulfonamides is 1. The molecule has 1 aliphatic heterocycles. The van der Waals surface area contributed by atoms with Crippen LogP contribution in [0, 0.1) is 0 Å². The third kappa shape index (κ3) is 4.45. The first kappa shape index (κ1) is 20.7. The van der Waals surface area contributed by atoms with Gasteiger partial charge in [-0.25, -0.2) is 13.1 Å². The zero-order valence-electron chi connectivity index (χ0n) is 16.1. The summed E-state index contributed by atoms with van der Waals surface area (Å²) < 4.78 is 29.4. The van der Waals surface area contributed by atoms with Gasteiger partial charge in [0.05, 0.1) is 17.6 Å². The molecule has 156 valence electrons. The maximum Gasteiger partial charge on any atom is 0.276 e. The lowest BCUT2D eigenvalue weighted by atomic mass is 10.2. The van der Waals surface area contributed by atoms with Gasteiger partial charge in [0.2, 0.25) is 10.0 Å². The van der Waals surface area contributed by atoms with E-state index in [9.17, 15) is 13.2 Å². The molecule has 2 aromatic carbocycles. The molecular weight excluding hydrogens is 470 g/mol. The van der Waals surface area contributed by atoms with Crippen LogP contribution >= 0.6 is 15.9 Å². The SMILES string of the molecule is O=C(c1cn(Cc2ccccc2)nn1)N1CCN(S(=O)(=O)c2cccc(Br)c2)CC1. The minimum Gasteiger partial charge on any atom is -0.335 e. The molecule has 1 aromatic heterocycles. The van der Waals surface area contributed by atoms with Crippen molar-refractivity contribution in [3.63, 3.8) is 0 Å². The van der Waals surface area contributed by atoms with Crippen LogP contribution in [0.15, 0.2) is 70.2 Å². The van der Waals surface area contributed by atoms with Crippen molar-refractivity contribution >= 4 is 31.9 Å². The van der Waals surface area contributed by atoms with Gasteiger partial charge in [0, 0.05) is 30.7 Å². The van der Waals surface area contributed by atoms with Crippen molar-refractivity contribution in [3.05, 3.63) is 76.5 Å². The van der Waals surface area contributed by atoms with Gasteiger partial charge in [-0.05, 0) is 23.8 Å². The topological polar surface area (TPSA) is 88.4 Å². The van der Waals surface area contributed by atoms with E-state index in [2.05, 4.69) is 26.2 Å². The zero-order chi connectivity index (χ0) is 21.1. The fourth-order valence-electron chi connectivity index (χ4n) is 3.31. The maximum absolute atomic E-state index is 12.8.